The van der Waals surface area contributed by atoms with Gasteiger partial charge in [-0.25, -0.2) is 4.79 Å². The van der Waals surface area contributed by atoms with E-state index in [1.807, 2.05) is 12.1 Å². The molecule has 0 bridgehead atoms. The summed E-state index contributed by atoms with van der Waals surface area (Å²) in [5.74, 6) is -0.361. The highest BCUT2D eigenvalue weighted by molar-refractivity contribution is 6.00. The van der Waals surface area contributed by atoms with Crippen LogP contribution in [0.5, 0.6) is 0 Å². The van der Waals surface area contributed by atoms with Crippen LogP contribution in [0.25, 0.3) is 0 Å². The molecule has 2 rings (SSSR count). The molecule has 0 saturated heterocycles. The van der Waals surface area contributed by atoms with Crippen LogP contribution in [-0.2, 0) is 4.79 Å². The molecule has 1 aromatic carbocycles. The number of rotatable bonds is 1. The molecule has 0 radical (unpaired) electrons. The first-order valence-electron chi connectivity index (χ1n) is 4.80. The molecule has 2 amide bonds. The predicted molar refractivity (Wildman–Crippen MR) is 58.5 cm³/mol. The molecule has 0 aliphatic carbocycles. The highest BCUT2D eigenvalue weighted by atomic mass is 16.4. The third-order valence-electron chi connectivity index (χ3n) is 2.30. The number of carboxylic acid groups (broad SMARTS) is 1. The molecule has 1 atom stereocenters. The van der Waals surface area contributed by atoms with Gasteiger partial charge in [-0.1, -0.05) is 12.1 Å². The minimum atomic E-state index is -1.21. The molecule has 1 aliphatic heterocycles. The topological polar surface area (TPSA) is 90.5 Å². The first-order valence-corrected chi connectivity index (χ1v) is 4.80. The maximum atomic E-state index is 11.6. The number of hydrogen-bond acceptors (Lipinski definition) is 3. The first-order chi connectivity index (χ1) is 7.66. The van der Waals surface area contributed by atoms with E-state index in [0.29, 0.717) is 5.69 Å². The van der Waals surface area contributed by atoms with Crippen molar-refractivity contribution in [2.45, 2.75) is 6.04 Å². The third-order valence-corrected chi connectivity index (χ3v) is 2.30. The van der Waals surface area contributed by atoms with Crippen LogP contribution in [0, 0.1) is 0 Å². The number of nitrogens with one attached hydrogen (secondary N) is 3. The van der Waals surface area contributed by atoms with Crippen molar-refractivity contribution in [3.8, 4) is 0 Å². The third kappa shape index (κ3) is 2.05. The normalized spacial score (nSPS) is 18.8. The molecule has 1 aromatic rings. The van der Waals surface area contributed by atoms with Crippen molar-refractivity contribution in [1.82, 2.24) is 5.32 Å². The van der Waals surface area contributed by atoms with Crippen molar-refractivity contribution in [3.63, 3.8) is 0 Å². The van der Waals surface area contributed by atoms with E-state index in [-0.39, 0.29) is 12.5 Å². The van der Waals surface area contributed by atoms with Gasteiger partial charge in [0.25, 0.3) is 0 Å². The minimum absolute atomic E-state index is 0.231. The van der Waals surface area contributed by atoms with E-state index in [1.54, 1.807) is 12.1 Å². The molecule has 0 unspecified atom stereocenters. The zero-order chi connectivity index (χ0) is 11.5. The van der Waals surface area contributed by atoms with Crippen LogP contribution in [0.2, 0.25) is 0 Å². The van der Waals surface area contributed by atoms with Gasteiger partial charge in [0.1, 0.15) is 6.04 Å². The first kappa shape index (κ1) is 10.3. The summed E-state index contributed by atoms with van der Waals surface area (Å²) in [6.07, 6.45) is -1.21. The van der Waals surface area contributed by atoms with Crippen LogP contribution in [0.1, 0.15) is 0 Å². The minimum Gasteiger partial charge on any atom is -0.465 e. The Labute approximate surface area is 91.7 Å². The van der Waals surface area contributed by atoms with Crippen LogP contribution in [0.15, 0.2) is 24.3 Å². The number of carbonyl (C=O) groups excluding carboxylic acids is 1. The summed E-state index contributed by atoms with van der Waals surface area (Å²) in [4.78, 5) is 22.1. The Balaban J connectivity index is 2.18. The lowest BCUT2D eigenvalue weighted by atomic mass is 10.2. The van der Waals surface area contributed by atoms with E-state index >= 15 is 0 Å². The fraction of sp³-hybridized carbons (Fsp3) is 0.200. The average molecular weight is 221 g/mol. The summed E-state index contributed by atoms with van der Waals surface area (Å²) in [5, 5.41) is 16.4. The average Bonchev–Trinajstić information content (AvgIpc) is 2.39. The molecule has 6 heteroatoms. The molecular weight excluding hydrogens is 210 g/mol. The van der Waals surface area contributed by atoms with Gasteiger partial charge in [-0.2, -0.15) is 0 Å². The monoisotopic (exact) mass is 221 g/mol. The highest BCUT2D eigenvalue weighted by Gasteiger charge is 2.24. The molecule has 0 aromatic heterocycles. The van der Waals surface area contributed by atoms with E-state index in [1.165, 1.54) is 0 Å². The second kappa shape index (κ2) is 4.09. The zero-order valence-corrected chi connectivity index (χ0v) is 8.36. The summed E-state index contributed by atoms with van der Waals surface area (Å²) in [6.45, 7) is 0.231. The Morgan fingerprint density at radius 3 is 2.75 bits per heavy atom. The van der Waals surface area contributed by atoms with Gasteiger partial charge in [0.05, 0.1) is 11.4 Å². The van der Waals surface area contributed by atoms with E-state index in [2.05, 4.69) is 16.0 Å². The molecule has 1 heterocycles. The molecule has 0 saturated carbocycles. The van der Waals surface area contributed by atoms with Crippen LogP contribution < -0.4 is 16.0 Å². The molecular formula is C10H11N3O3. The SMILES string of the molecule is O=C(O)N[C@H]1CNc2ccccc2NC1=O. The lowest BCUT2D eigenvalue weighted by Gasteiger charge is -2.12. The molecule has 0 spiro atoms. The Bertz CT molecular complexity index is 433. The van der Waals surface area contributed by atoms with Gasteiger partial charge >= 0.3 is 6.09 Å². The number of para-hydroxylation sites is 2. The second-order valence-electron chi connectivity index (χ2n) is 3.42. The summed E-state index contributed by atoms with van der Waals surface area (Å²) in [6, 6.07) is 6.42. The van der Waals surface area contributed by atoms with Crippen LogP contribution >= 0.6 is 0 Å². The maximum absolute atomic E-state index is 11.6. The summed E-state index contributed by atoms with van der Waals surface area (Å²) >= 11 is 0. The number of amides is 2. The summed E-state index contributed by atoms with van der Waals surface area (Å²) < 4.78 is 0. The lowest BCUT2D eigenvalue weighted by Crippen LogP contribution is -2.46. The van der Waals surface area contributed by atoms with E-state index in [4.69, 9.17) is 5.11 Å². The number of anilines is 2. The number of hydrogen-bond donors (Lipinski definition) is 4. The molecule has 0 fully saturated rings. The Morgan fingerprint density at radius 2 is 2.06 bits per heavy atom. The largest absolute Gasteiger partial charge is 0.465 e. The van der Waals surface area contributed by atoms with Gasteiger partial charge in [-0.05, 0) is 12.1 Å². The van der Waals surface area contributed by atoms with Crippen molar-refractivity contribution in [1.29, 1.82) is 0 Å². The highest BCUT2D eigenvalue weighted by Crippen LogP contribution is 2.22. The molecule has 4 N–H and O–H groups in total. The van der Waals surface area contributed by atoms with Crippen molar-refractivity contribution >= 4 is 23.4 Å². The number of benzene rings is 1. The molecule has 1 aliphatic rings. The van der Waals surface area contributed by atoms with E-state index in [0.717, 1.165) is 5.69 Å². The fourth-order valence-electron chi connectivity index (χ4n) is 1.54. The predicted octanol–water partition coefficient (Wildman–Crippen LogP) is 0.687. The van der Waals surface area contributed by atoms with E-state index in [9.17, 15) is 9.59 Å². The van der Waals surface area contributed by atoms with Crippen molar-refractivity contribution in [3.05, 3.63) is 24.3 Å². The van der Waals surface area contributed by atoms with Crippen LogP contribution in [0.4, 0.5) is 16.2 Å². The van der Waals surface area contributed by atoms with Crippen molar-refractivity contribution in [2.75, 3.05) is 17.2 Å². The standard InChI is InChI=1S/C10H11N3O3/c14-9-8(13-10(15)16)5-11-6-3-1-2-4-7(6)12-9/h1-4,8,11,13H,5H2,(H,12,14)(H,15,16)/t8-/m0/s1. The second-order valence-corrected chi connectivity index (χ2v) is 3.42. The quantitative estimate of drug-likeness (QED) is 0.561. The van der Waals surface area contributed by atoms with E-state index < -0.39 is 12.1 Å². The fourth-order valence-corrected chi connectivity index (χ4v) is 1.54. The zero-order valence-electron chi connectivity index (χ0n) is 8.36. The van der Waals surface area contributed by atoms with Crippen LogP contribution in [-0.4, -0.2) is 29.7 Å². The van der Waals surface area contributed by atoms with Crippen molar-refractivity contribution in [2.24, 2.45) is 0 Å². The smallest absolute Gasteiger partial charge is 0.405 e. The number of fused-ring (bicyclic) bond motifs is 1. The van der Waals surface area contributed by atoms with Gasteiger partial charge < -0.3 is 21.1 Å². The lowest BCUT2D eigenvalue weighted by molar-refractivity contribution is -0.117. The number of carbonyl (C=O) groups is 2. The molecule has 16 heavy (non-hydrogen) atoms. The summed E-state index contributed by atoms with van der Waals surface area (Å²) in [5.41, 5.74) is 1.44. The molecule has 6 nitrogen and oxygen atoms in total. The maximum Gasteiger partial charge on any atom is 0.405 e. The van der Waals surface area contributed by atoms with Gasteiger partial charge in [0.2, 0.25) is 5.91 Å². The Morgan fingerprint density at radius 1 is 1.38 bits per heavy atom. The van der Waals surface area contributed by atoms with Crippen molar-refractivity contribution < 1.29 is 14.7 Å². The Hall–Kier alpha value is -2.24. The molecule has 84 valence electrons. The summed E-state index contributed by atoms with van der Waals surface area (Å²) in [7, 11) is 0. The van der Waals surface area contributed by atoms with Gasteiger partial charge in [0, 0.05) is 6.54 Å². The van der Waals surface area contributed by atoms with Gasteiger partial charge in [0.15, 0.2) is 0 Å². The van der Waals surface area contributed by atoms with Gasteiger partial charge in [-0.15, -0.1) is 0 Å². The Kier molecular flexibility index (Phi) is 2.63. The van der Waals surface area contributed by atoms with Crippen LogP contribution in [0.3, 0.4) is 0 Å². The van der Waals surface area contributed by atoms with Gasteiger partial charge in [-0.3, -0.25) is 4.79 Å².